The quantitative estimate of drug-likeness (QED) is 0.591. The van der Waals surface area contributed by atoms with Crippen LogP contribution in [0.1, 0.15) is 12.8 Å². The van der Waals surface area contributed by atoms with E-state index in [2.05, 4.69) is 30.9 Å². The molecular weight excluding hydrogens is 136 g/mol. The SMILES string of the molecule is C=C(CNC1CC1)CN(C)C. The Morgan fingerprint density at radius 3 is 2.64 bits per heavy atom. The maximum atomic E-state index is 3.99. The Balaban J connectivity index is 2.00. The van der Waals surface area contributed by atoms with Gasteiger partial charge in [-0.05, 0) is 32.5 Å². The molecule has 1 saturated carbocycles. The highest BCUT2D eigenvalue weighted by Gasteiger charge is 2.19. The number of hydrogen-bond donors (Lipinski definition) is 1. The van der Waals surface area contributed by atoms with Gasteiger partial charge in [0, 0.05) is 19.1 Å². The van der Waals surface area contributed by atoms with Crippen LogP contribution in [0.25, 0.3) is 0 Å². The smallest absolute Gasteiger partial charge is 0.0196 e. The summed E-state index contributed by atoms with van der Waals surface area (Å²) in [4.78, 5) is 2.15. The van der Waals surface area contributed by atoms with E-state index < -0.39 is 0 Å². The van der Waals surface area contributed by atoms with Gasteiger partial charge in [0.25, 0.3) is 0 Å². The molecule has 1 aliphatic carbocycles. The maximum absolute atomic E-state index is 3.99. The van der Waals surface area contributed by atoms with E-state index in [9.17, 15) is 0 Å². The number of likely N-dealkylation sites (N-methyl/N-ethyl adjacent to an activating group) is 1. The van der Waals surface area contributed by atoms with Crippen molar-refractivity contribution in [1.82, 2.24) is 10.2 Å². The van der Waals surface area contributed by atoms with Crippen molar-refractivity contribution in [3.63, 3.8) is 0 Å². The molecule has 64 valence electrons. The van der Waals surface area contributed by atoms with Crippen LogP contribution in [0.4, 0.5) is 0 Å². The normalized spacial score (nSPS) is 17.4. The van der Waals surface area contributed by atoms with Crippen LogP contribution in [-0.4, -0.2) is 38.1 Å². The van der Waals surface area contributed by atoms with E-state index in [-0.39, 0.29) is 0 Å². The average Bonchev–Trinajstić information content (AvgIpc) is 2.63. The van der Waals surface area contributed by atoms with Crippen LogP contribution in [0.5, 0.6) is 0 Å². The Labute approximate surface area is 69.3 Å². The zero-order valence-electron chi connectivity index (χ0n) is 7.56. The summed E-state index contributed by atoms with van der Waals surface area (Å²) in [6, 6.07) is 0.800. The minimum atomic E-state index is 0.800. The van der Waals surface area contributed by atoms with Gasteiger partial charge >= 0.3 is 0 Å². The highest BCUT2D eigenvalue weighted by molar-refractivity contribution is 5.00. The molecule has 0 spiro atoms. The van der Waals surface area contributed by atoms with Crippen molar-refractivity contribution in [2.45, 2.75) is 18.9 Å². The van der Waals surface area contributed by atoms with Crippen molar-refractivity contribution in [2.24, 2.45) is 0 Å². The van der Waals surface area contributed by atoms with Gasteiger partial charge in [0.15, 0.2) is 0 Å². The molecule has 2 nitrogen and oxygen atoms in total. The summed E-state index contributed by atoms with van der Waals surface area (Å²) in [5.74, 6) is 0. The van der Waals surface area contributed by atoms with Gasteiger partial charge in [-0.3, -0.25) is 0 Å². The molecule has 1 fully saturated rings. The van der Waals surface area contributed by atoms with Gasteiger partial charge in [0.05, 0.1) is 0 Å². The standard InChI is InChI=1S/C9H18N2/c1-8(7-11(2)3)6-10-9-4-5-9/h9-10H,1,4-7H2,2-3H3. The molecule has 1 aliphatic rings. The fourth-order valence-electron chi connectivity index (χ4n) is 1.08. The van der Waals surface area contributed by atoms with E-state index in [1.165, 1.54) is 18.4 Å². The zero-order valence-corrected chi connectivity index (χ0v) is 7.56. The Bertz CT molecular complexity index is 136. The van der Waals surface area contributed by atoms with Gasteiger partial charge in [-0.15, -0.1) is 0 Å². The first-order chi connectivity index (χ1) is 5.18. The van der Waals surface area contributed by atoms with E-state index in [1.54, 1.807) is 0 Å². The lowest BCUT2D eigenvalue weighted by molar-refractivity contribution is 0.439. The lowest BCUT2D eigenvalue weighted by Crippen LogP contribution is -2.24. The summed E-state index contributed by atoms with van der Waals surface area (Å²) in [5, 5.41) is 3.44. The van der Waals surface area contributed by atoms with Crippen LogP contribution in [0.15, 0.2) is 12.2 Å². The topological polar surface area (TPSA) is 15.3 Å². The van der Waals surface area contributed by atoms with Crippen molar-refractivity contribution in [3.8, 4) is 0 Å². The minimum absolute atomic E-state index is 0.800. The summed E-state index contributed by atoms with van der Waals surface area (Å²) in [5.41, 5.74) is 1.28. The molecule has 1 rings (SSSR count). The fraction of sp³-hybridized carbons (Fsp3) is 0.778. The summed E-state index contributed by atoms with van der Waals surface area (Å²) in [6.07, 6.45) is 2.71. The van der Waals surface area contributed by atoms with Crippen LogP contribution in [-0.2, 0) is 0 Å². The highest BCUT2D eigenvalue weighted by Crippen LogP contribution is 2.18. The second kappa shape index (κ2) is 3.88. The third-order valence-electron chi connectivity index (χ3n) is 1.76. The third kappa shape index (κ3) is 4.17. The maximum Gasteiger partial charge on any atom is 0.0196 e. The molecule has 0 saturated heterocycles. The molecule has 0 unspecified atom stereocenters. The molecule has 0 aliphatic heterocycles. The Kier molecular flexibility index (Phi) is 3.09. The molecule has 0 atom stereocenters. The minimum Gasteiger partial charge on any atom is -0.310 e. The first-order valence-electron chi connectivity index (χ1n) is 4.23. The van der Waals surface area contributed by atoms with Gasteiger partial charge in [-0.25, -0.2) is 0 Å². The van der Waals surface area contributed by atoms with Crippen LogP contribution in [0.3, 0.4) is 0 Å². The van der Waals surface area contributed by atoms with Crippen molar-refractivity contribution in [3.05, 3.63) is 12.2 Å². The molecule has 0 heterocycles. The lowest BCUT2D eigenvalue weighted by Gasteiger charge is -2.12. The molecule has 0 aromatic carbocycles. The number of nitrogens with one attached hydrogen (secondary N) is 1. The van der Waals surface area contributed by atoms with Crippen molar-refractivity contribution < 1.29 is 0 Å². The van der Waals surface area contributed by atoms with E-state index >= 15 is 0 Å². The van der Waals surface area contributed by atoms with Crippen LogP contribution < -0.4 is 5.32 Å². The number of nitrogens with zero attached hydrogens (tertiary/aromatic N) is 1. The monoisotopic (exact) mass is 154 g/mol. The van der Waals surface area contributed by atoms with Gasteiger partial charge < -0.3 is 10.2 Å². The van der Waals surface area contributed by atoms with Crippen molar-refractivity contribution in [1.29, 1.82) is 0 Å². The Hall–Kier alpha value is -0.340. The fourth-order valence-corrected chi connectivity index (χ4v) is 1.08. The van der Waals surface area contributed by atoms with Gasteiger partial charge in [-0.2, -0.15) is 0 Å². The van der Waals surface area contributed by atoms with Crippen molar-refractivity contribution >= 4 is 0 Å². The third-order valence-corrected chi connectivity index (χ3v) is 1.76. The second-order valence-electron chi connectivity index (χ2n) is 3.64. The van der Waals surface area contributed by atoms with Gasteiger partial charge in [-0.1, -0.05) is 6.58 Å². The van der Waals surface area contributed by atoms with Crippen LogP contribution in [0.2, 0.25) is 0 Å². The Morgan fingerprint density at radius 2 is 2.18 bits per heavy atom. The average molecular weight is 154 g/mol. The summed E-state index contributed by atoms with van der Waals surface area (Å²) in [7, 11) is 4.14. The first kappa shape index (κ1) is 8.75. The molecule has 0 aromatic heterocycles. The Morgan fingerprint density at radius 1 is 1.55 bits per heavy atom. The largest absolute Gasteiger partial charge is 0.310 e. The number of rotatable bonds is 5. The summed E-state index contributed by atoms with van der Waals surface area (Å²) < 4.78 is 0. The number of hydrogen-bond acceptors (Lipinski definition) is 2. The van der Waals surface area contributed by atoms with Gasteiger partial charge in [0.2, 0.25) is 0 Å². The highest BCUT2D eigenvalue weighted by atomic mass is 15.1. The van der Waals surface area contributed by atoms with Crippen molar-refractivity contribution in [2.75, 3.05) is 27.2 Å². The molecule has 2 heteroatoms. The molecule has 0 bridgehead atoms. The first-order valence-corrected chi connectivity index (χ1v) is 4.23. The predicted molar refractivity (Wildman–Crippen MR) is 48.7 cm³/mol. The predicted octanol–water partition coefficient (Wildman–Crippen LogP) is 0.856. The molecule has 1 N–H and O–H groups in total. The molecule has 0 radical (unpaired) electrons. The molecular formula is C9H18N2. The van der Waals surface area contributed by atoms with Crippen LogP contribution in [0, 0.1) is 0 Å². The van der Waals surface area contributed by atoms with E-state index in [0.29, 0.717) is 0 Å². The van der Waals surface area contributed by atoms with E-state index in [1.807, 2.05) is 0 Å². The zero-order chi connectivity index (χ0) is 8.27. The lowest BCUT2D eigenvalue weighted by atomic mass is 10.3. The van der Waals surface area contributed by atoms with Gasteiger partial charge in [0.1, 0.15) is 0 Å². The van der Waals surface area contributed by atoms with E-state index in [4.69, 9.17) is 0 Å². The summed E-state index contributed by atoms with van der Waals surface area (Å²) >= 11 is 0. The molecule has 11 heavy (non-hydrogen) atoms. The summed E-state index contributed by atoms with van der Waals surface area (Å²) in [6.45, 7) is 5.98. The van der Waals surface area contributed by atoms with E-state index in [0.717, 1.165) is 19.1 Å². The molecule has 0 aromatic rings. The molecule has 0 amide bonds. The second-order valence-corrected chi connectivity index (χ2v) is 3.64. The van der Waals surface area contributed by atoms with Crippen LogP contribution >= 0.6 is 0 Å².